The van der Waals surface area contributed by atoms with Crippen molar-refractivity contribution in [2.45, 2.75) is 26.3 Å². The van der Waals surface area contributed by atoms with Crippen LogP contribution in [0.25, 0.3) is 0 Å². The first-order valence-corrected chi connectivity index (χ1v) is 7.14. The van der Waals surface area contributed by atoms with Crippen LogP contribution in [0.1, 0.15) is 31.1 Å². The van der Waals surface area contributed by atoms with E-state index in [9.17, 15) is 0 Å². The third-order valence-electron chi connectivity index (χ3n) is 3.07. The molecule has 0 saturated heterocycles. The van der Waals surface area contributed by atoms with Crippen molar-refractivity contribution >= 4 is 0 Å². The van der Waals surface area contributed by atoms with Crippen molar-refractivity contribution < 1.29 is 9.47 Å². The highest BCUT2D eigenvalue weighted by atomic mass is 16.5. The fourth-order valence-electron chi connectivity index (χ4n) is 2.13. The standard InChI is InChI=1S/C15H22N4O2/c1-4-20-14-7-6-11(8-15(14)21-5-2)13(16)9-12-10-19(3)18-17-12/h6-8,10,13H,4-5,9,16H2,1-3H3. The lowest BCUT2D eigenvalue weighted by Crippen LogP contribution is -2.14. The van der Waals surface area contributed by atoms with Crippen LogP contribution >= 0.6 is 0 Å². The lowest BCUT2D eigenvalue weighted by atomic mass is 10.0. The second-order valence-corrected chi connectivity index (χ2v) is 4.77. The molecule has 0 fully saturated rings. The molecule has 2 rings (SSSR count). The third kappa shape index (κ3) is 3.95. The van der Waals surface area contributed by atoms with E-state index in [4.69, 9.17) is 15.2 Å². The van der Waals surface area contributed by atoms with Crippen LogP contribution in [0.3, 0.4) is 0 Å². The van der Waals surface area contributed by atoms with Crippen LogP contribution in [0.5, 0.6) is 11.5 Å². The molecular formula is C15H22N4O2. The van der Waals surface area contributed by atoms with E-state index in [1.807, 2.05) is 45.3 Å². The van der Waals surface area contributed by atoms with Crippen LogP contribution in [0, 0.1) is 0 Å². The molecule has 0 aliphatic rings. The third-order valence-corrected chi connectivity index (χ3v) is 3.07. The van der Waals surface area contributed by atoms with Gasteiger partial charge in [-0.15, -0.1) is 5.10 Å². The first-order valence-electron chi connectivity index (χ1n) is 7.14. The van der Waals surface area contributed by atoms with Crippen LogP contribution < -0.4 is 15.2 Å². The fourth-order valence-corrected chi connectivity index (χ4v) is 2.13. The van der Waals surface area contributed by atoms with Gasteiger partial charge in [0.2, 0.25) is 0 Å². The molecule has 6 nitrogen and oxygen atoms in total. The van der Waals surface area contributed by atoms with Crippen molar-refractivity contribution in [3.05, 3.63) is 35.7 Å². The molecule has 1 unspecified atom stereocenters. The van der Waals surface area contributed by atoms with Gasteiger partial charge in [-0.3, -0.25) is 4.68 Å². The van der Waals surface area contributed by atoms with Crippen molar-refractivity contribution in [2.75, 3.05) is 13.2 Å². The Morgan fingerprint density at radius 2 is 1.90 bits per heavy atom. The maximum absolute atomic E-state index is 6.25. The zero-order valence-electron chi connectivity index (χ0n) is 12.7. The molecule has 21 heavy (non-hydrogen) atoms. The van der Waals surface area contributed by atoms with Crippen molar-refractivity contribution in [3.63, 3.8) is 0 Å². The van der Waals surface area contributed by atoms with Gasteiger partial charge in [-0.1, -0.05) is 11.3 Å². The maximum atomic E-state index is 6.25. The van der Waals surface area contributed by atoms with E-state index in [1.54, 1.807) is 4.68 Å². The monoisotopic (exact) mass is 290 g/mol. The van der Waals surface area contributed by atoms with Gasteiger partial charge in [-0.05, 0) is 31.5 Å². The minimum atomic E-state index is -0.156. The van der Waals surface area contributed by atoms with Crippen LogP contribution in [-0.4, -0.2) is 28.2 Å². The molecule has 1 atom stereocenters. The summed E-state index contributed by atoms with van der Waals surface area (Å²) in [5, 5.41) is 7.98. The molecule has 0 saturated carbocycles. The summed E-state index contributed by atoms with van der Waals surface area (Å²) in [6.45, 7) is 5.08. The number of ether oxygens (including phenoxy) is 2. The second-order valence-electron chi connectivity index (χ2n) is 4.77. The number of nitrogens with two attached hydrogens (primary N) is 1. The number of aryl methyl sites for hydroxylation is 1. The van der Waals surface area contributed by atoms with Crippen molar-refractivity contribution in [3.8, 4) is 11.5 Å². The van der Waals surface area contributed by atoms with Gasteiger partial charge in [0.1, 0.15) is 0 Å². The van der Waals surface area contributed by atoms with Gasteiger partial charge in [0, 0.05) is 25.7 Å². The topological polar surface area (TPSA) is 75.2 Å². The number of aromatic nitrogens is 3. The minimum Gasteiger partial charge on any atom is -0.490 e. The Hall–Kier alpha value is -2.08. The zero-order chi connectivity index (χ0) is 15.2. The van der Waals surface area contributed by atoms with E-state index in [0.29, 0.717) is 19.6 Å². The minimum absolute atomic E-state index is 0.156. The summed E-state index contributed by atoms with van der Waals surface area (Å²) in [6, 6.07) is 5.65. The van der Waals surface area contributed by atoms with Crippen LogP contribution in [0.2, 0.25) is 0 Å². The Bertz CT molecular complexity index is 583. The predicted molar refractivity (Wildman–Crippen MR) is 80.4 cm³/mol. The predicted octanol–water partition coefficient (Wildman–Crippen LogP) is 1.85. The van der Waals surface area contributed by atoms with E-state index < -0.39 is 0 Å². The van der Waals surface area contributed by atoms with E-state index >= 15 is 0 Å². The fraction of sp³-hybridized carbons (Fsp3) is 0.467. The molecule has 6 heteroatoms. The van der Waals surface area contributed by atoms with Gasteiger partial charge in [0.25, 0.3) is 0 Å². The van der Waals surface area contributed by atoms with Crippen LogP contribution in [0.4, 0.5) is 0 Å². The molecule has 1 aromatic carbocycles. The Labute approximate surface area is 124 Å². The molecule has 114 valence electrons. The van der Waals surface area contributed by atoms with Gasteiger partial charge >= 0.3 is 0 Å². The average molecular weight is 290 g/mol. The van der Waals surface area contributed by atoms with Crippen LogP contribution in [-0.2, 0) is 13.5 Å². The van der Waals surface area contributed by atoms with Gasteiger partial charge in [-0.2, -0.15) is 0 Å². The lowest BCUT2D eigenvalue weighted by molar-refractivity contribution is 0.287. The summed E-state index contributed by atoms with van der Waals surface area (Å²) in [5.74, 6) is 1.47. The molecular weight excluding hydrogens is 268 g/mol. The maximum Gasteiger partial charge on any atom is 0.161 e. The Morgan fingerprint density at radius 3 is 2.52 bits per heavy atom. The van der Waals surface area contributed by atoms with E-state index in [1.165, 1.54) is 0 Å². The SMILES string of the molecule is CCOc1ccc(C(N)Cc2cn(C)nn2)cc1OCC. The summed E-state index contributed by atoms with van der Waals surface area (Å²) in [5.41, 5.74) is 8.12. The largest absolute Gasteiger partial charge is 0.490 e. The number of benzene rings is 1. The zero-order valence-corrected chi connectivity index (χ0v) is 12.7. The highest BCUT2D eigenvalue weighted by molar-refractivity contribution is 5.44. The molecule has 2 aromatic rings. The lowest BCUT2D eigenvalue weighted by Gasteiger charge is -2.15. The normalized spacial score (nSPS) is 12.2. The van der Waals surface area contributed by atoms with Crippen molar-refractivity contribution in [1.29, 1.82) is 0 Å². The first-order chi connectivity index (χ1) is 10.1. The smallest absolute Gasteiger partial charge is 0.161 e. The van der Waals surface area contributed by atoms with Gasteiger partial charge in [0.05, 0.1) is 18.9 Å². The summed E-state index contributed by atoms with van der Waals surface area (Å²) in [4.78, 5) is 0. The Balaban J connectivity index is 2.16. The molecule has 0 aliphatic heterocycles. The summed E-state index contributed by atoms with van der Waals surface area (Å²) >= 11 is 0. The number of hydrogen-bond donors (Lipinski definition) is 1. The van der Waals surface area contributed by atoms with Crippen molar-refractivity contribution in [2.24, 2.45) is 12.8 Å². The Morgan fingerprint density at radius 1 is 1.19 bits per heavy atom. The summed E-state index contributed by atoms with van der Waals surface area (Å²) < 4.78 is 12.8. The highest BCUT2D eigenvalue weighted by Crippen LogP contribution is 2.30. The molecule has 1 heterocycles. The molecule has 0 radical (unpaired) electrons. The first kappa shape index (κ1) is 15.3. The van der Waals surface area contributed by atoms with E-state index in [2.05, 4.69) is 10.3 Å². The van der Waals surface area contributed by atoms with Crippen molar-refractivity contribution in [1.82, 2.24) is 15.0 Å². The van der Waals surface area contributed by atoms with Gasteiger partial charge in [-0.25, -0.2) is 0 Å². The molecule has 0 amide bonds. The van der Waals surface area contributed by atoms with E-state index in [0.717, 1.165) is 22.8 Å². The molecule has 1 aromatic heterocycles. The Kier molecular flexibility index (Phi) is 5.16. The number of hydrogen-bond acceptors (Lipinski definition) is 5. The highest BCUT2D eigenvalue weighted by Gasteiger charge is 2.13. The molecule has 0 aliphatic carbocycles. The van der Waals surface area contributed by atoms with Gasteiger partial charge < -0.3 is 15.2 Å². The number of rotatable bonds is 7. The summed E-state index contributed by atoms with van der Waals surface area (Å²) in [7, 11) is 1.84. The second kappa shape index (κ2) is 7.08. The van der Waals surface area contributed by atoms with Crippen LogP contribution in [0.15, 0.2) is 24.4 Å². The number of nitrogens with zero attached hydrogens (tertiary/aromatic N) is 3. The molecule has 0 bridgehead atoms. The quantitative estimate of drug-likeness (QED) is 0.842. The summed E-state index contributed by atoms with van der Waals surface area (Å²) in [6.07, 6.45) is 2.51. The van der Waals surface area contributed by atoms with E-state index in [-0.39, 0.29) is 6.04 Å². The molecule has 2 N–H and O–H groups in total. The molecule has 0 spiro atoms. The average Bonchev–Trinajstić information content (AvgIpc) is 2.86. The van der Waals surface area contributed by atoms with Gasteiger partial charge in [0.15, 0.2) is 11.5 Å².